The molecule has 1 aliphatic rings. The lowest BCUT2D eigenvalue weighted by atomic mass is 10.1. The fourth-order valence-electron chi connectivity index (χ4n) is 2.66. The van der Waals surface area contributed by atoms with E-state index in [1.807, 2.05) is 0 Å². The van der Waals surface area contributed by atoms with Crippen molar-refractivity contribution in [3.63, 3.8) is 0 Å². The molecule has 138 valence electrons. The van der Waals surface area contributed by atoms with E-state index in [1.54, 1.807) is 55.4 Å². The zero-order chi connectivity index (χ0) is 19.6. The summed E-state index contributed by atoms with van der Waals surface area (Å²) < 4.78 is 10.5. The number of nitro groups is 1. The molecule has 2 aromatic carbocycles. The molecule has 0 fully saturated rings. The lowest BCUT2D eigenvalue weighted by molar-refractivity contribution is -0.384. The van der Waals surface area contributed by atoms with Crippen LogP contribution in [0.1, 0.15) is 11.1 Å². The third-order valence-corrected chi connectivity index (χ3v) is 3.94. The fourth-order valence-corrected chi connectivity index (χ4v) is 2.66. The zero-order valence-corrected chi connectivity index (χ0v) is 15.0. The molecule has 0 amide bonds. The number of carbonyl (C=O) groups is 1. The first-order valence-electron chi connectivity index (χ1n) is 8.02. The van der Waals surface area contributed by atoms with E-state index in [0.717, 1.165) is 0 Å². The van der Waals surface area contributed by atoms with Crippen molar-refractivity contribution in [2.75, 3.05) is 26.1 Å². The van der Waals surface area contributed by atoms with Crippen LogP contribution in [-0.2, 0) is 9.53 Å². The molecular weight excluding hydrogens is 350 g/mol. The second kappa shape index (κ2) is 7.28. The lowest BCUT2D eigenvalue weighted by Gasteiger charge is -2.12. The van der Waals surface area contributed by atoms with Crippen LogP contribution in [0.25, 0.3) is 6.08 Å². The van der Waals surface area contributed by atoms with Gasteiger partial charge in [-0.25, -0.2) is 9.79 Å². The van der Waals surface area contributed by atoms with E-state index >= 15 is 0 Å². The van der Waals surface area contributed by atoms with E-state index in [4.69, 9.17) is 9.47 Å². The van der Waals surface area contributed by atoms with Crippen LogP contribution in [0.4, 0.5) is 11.4 Å². The average molecular weight is 367 g/mol. The van der Waals surface area contributed by atoms with Crippen molar-refractivity contribution >= 4 is 29.3 Å². The van der Waals surface area contributed by atoms with Gasteiger partial charge in [0, 0.05) is 20.2 Å². The minimum atomic E-state index is -0.629. The van der Waals surface area contributed by atoms with Crippen molar-refractivity contribution < 1.29 is 19.2 Å². The molecule has 3 rings (SSSR count). The Bertz CT molecular complexity index is 979. The van der Waals surface area contributed by atoms with Crippen molar-refractivity contribution in [3.8, 4) is 5.75 Å². The number of hydrogen-bond acceptors (Lipinski definition) is 7. The summed E-state index contributed by atoms with van der Waals surface area (Å²) in [5, 5.41) is 11.3. The van der Waals surface area contributed by atoms with E-state index in [0.29, 0.717) is 22.6 Å². The Hall–Kier alpha value is -3.68. The van der Waals surface area contributed by atoms with Gasteiger partial charge in [0.15, 0.2) is 5.70 Å². The molecule has 0 spiro atoms. The molecule has 1 aliphatic heterocycles. The summed E-state index contributed by atoms with van der Waals surface area (Å²) in [5.74, 6) is 0.0228. The van der Waals surface area contributed by atoms with E-state index in [-0.39, 0.29) is 17.3 Å². The number of rotatable bonds is 5. The van der Waals surface area contributed by atoms with Gasteiger partial charge in [0.2, 0.25) is 5.90 Å². The summed E-state index contributed by atoms with van der Waals surface area (Å²) in [7, 11) is 4.95. The molecule has 0 saturated carbocycles. The number of nitro benzene ring substituents is 1. The molecule has 0 unspecified atom stereocenters. The van der Waals surface area contributed by atoms with Crippen LogP contribution in [0.2, 0.25) is 0 Å². The number of anilines is 1. The van der Waals surface area contributed by atoms with Gasteiger partial charge in [0.1, 0.15) is 11.4 Å². The Morgan fingerprint density at radius 1 is 1.22 bits per heavy atom. The number of hydrogen-bond donors (Lipinski definition) is 0. The first-order valence-corrected chi connectivity index (χ1v) is 8.02. The van der Waals surface area contributed by atoms with Gasteiger partial charge in [0.05, 0.1) is 17.6 Å². The normalized spacial score (nSPS) is 14.7. The lowest BCUT2D eigenvalue weighted by Crippen LogP contribution is -2.11. The number of benzene rings is 2. The largest absolute Gasteiger partial charge is 0.496 e. The van der Waals surface area contributed by atoms with Crippen LogP contribution < -0.4 is 9.64 Å². The van der Waals surface area contributed by atoms with Gasteiger partial charge in [-0.15, -0.1) is 0 Å². The van der Waals surface area contributed by atoms with Crippen LogP contribution in [0, 0.1) is 10.1 Å². The highest BCUT2D eigenvalue weighted by molar-refractivity contribution is 6.13. The zero-order valence-electron chi connectivity index (χ0n) is 15.0. The first-order chi connectivity index (χ1) is 12.9. The van der Waals surface area contributed by atoms with Gasteiger partial charge in [-0.1, -0.05) is 18.2 Å². The van der Waals surface area contributed by atoms with Crippen LogP contribution in [0.5, 0.6) is 5.75 Å². The predicted molar refractivity (Wildman–Crippen MR) is 101 cm³/mol. The van der Waals surface area contributed by atoms with Crippen LogP contribution in [0.15, 0.2) is 53.2 Å². The van der Waals surface area contributed by atoms with Gasteiger partial charge in [-0.2, -0.15) is 0 Å². The predicted octanol–water partition coefficient (Wildman–Crippen LogP) is 3.01. The van der Waals surface area contributed by atoms with E-state index in [9.17, 15) is 14.9 Å². The Morgan fingerprint density at radius 2 is 1.96 bits per heavy atom. The third-order valence-electron chi connectivity index (χ3n) is 3.94. The number of esters is 1. The second-order valence-electron chi connectivity index (χ2n) is 5.94. The topological polar surface area (TPSA) is 94.3 Å². The van der Waals surface area contributed by atoms with Crippen LogP contribution in [-0.4, -0.2) is 38.0 Å². The molecule has 8 nitrogen and oxygen atoms in total. The van der Waals surface area contributed by atoms with Gasteiger partial charge in [0.25, 0.3) is 5.69 Å². The minimum Gasteiger partial charge on any atom is -0.496 e. The maximum Gasteiger partial charge on any atom is 0.363 e. The van der Waals surface area contributed by atoms with Gasteiger partial charge in [-0.3, -0.25) is 10.1 Å². The van der Waals surface area contributed by atoms with Gasteiger partial charge >= 0.3 is 5.97 Å². The molecular formula is C19H17N3O5. The summed E-state index contributed by atoms with van der Waals surface area (Å²) in [6, 6.07) is 11.7. The molecule has 0 bridgehead atoms. The molecule has 0 radical (unpaired) electrons. The van der Waals surface area contributed by atoms with Crippen LogP contribution in [0.3, 0.4) is 0 Å². The number of aliphatic imine (C=N–C) groups is 1. The standard InChI is InChI=1S/C19H17N3O5/c1-21(2)15-9-8-12(11-16(15)22(24)25)10-14-19(23)27-18(20-14)13-6-4-5-7-17(13)26-3/h4-11H,1-3H3. The molecule has 27 heavy (non-hydrogen) atoms. The van der Waals surface area contributed by atoms with Crippen molar-refractivity contribution in [2.24, 2.45) is 4.99 Å². The highest BCUT2D eigenvalue weighted by Gasteiger charge is 2.26. The summed E-state index contributed by atoms with van der Waals surface area (Å²) in [4.78, 5) is 28.9. The highest BCUT2D eigenvalue weighted by atomic mass is 16.6. The van der Waals surface area contributed by atoms with Crippen molar-refractivity contribution in [3.05, 3.63) is 69.4 Å². The van der Waals surface area contributed by atoms with E-state index in [1.165, 1.54) is 19.3 Å². The molecule has 0 saturated heterocycles. The van der Waals surface area contributed by atoms with E-state index < -0.39 is 10.9 Å². The Morgan fingerprint density at radius 3 is 2.63 bits per heavy atom. The fraction of sp³-hybridized carbons (Fsp3) is 0.158. The molecule has 0 N–H and O–H groups in total. The monoisotopic (exact) mass is 367 g/mol. The van der Waals surface area contributed by atoms with Gasteiger partial charge < -0.3 is 14.4 Å². The smallest absolute Gasteiger partial charge is 0.363 e. The van der Waals surface area contributed by atoms with Crippen molar-refractivity contribution in [2.45, 2.75) is 0 Å². The molecule has 0 atom stereocenters. The summed E-state index contributed by atoms with van der Waals surface area (Å²) in [5.41, 5.74) is 1.49. The average Bonchev–Trinajstić information content (AvgIpc) is 3.01. The Kier molecular flexibility index (Phi) is 4.89. The molecule has 0 aliphatic carbocycles. The maximum atomic E-state index is 12.2. The summed E-state index contributed by atoms with van der Waals surface area (Å²) in [6.07, 6.45) is 1.46. The maximum absolute atomic E-state index is 12.2. The van der Waals surface area contributed by atoms with Crippen LogP contribution >= 0.6 is 0 Å². The molecule has 2 aromatic rings. The summed E-state index contributed by atoms with van der Waals surface area (Å²) >= 11 is 0. The summed E-state index contributed by atoms with van der Waals surface area (Å²) in [6.45, 7) is 0. The Balaban J connectivity index is 2.00. The number of ether oxygens (including phenoxy) is 2. The minimum absolute atomic E-state index is 0.0582. The molecule has 1 heterocycles. The number of nitrogens with zero attached hydrogens (tertiary/aromatic N) is 3. The third kappa shape index (κ3) is 3.64. The number of cyclic esters (lactones) is 1. The number of methoxy groups -OCH3 is 1. The van der Waals surface area contributed by atoms with Crippen molar-refractivity contribution in [1.82, 2.24) is 0 Å². The quantitative estimate of drug-likeness (QED) is 0.349. The SMILES string of the molecule is COc1ccccc1C1=NC(=Cc2ccc(N(C)C)c([N+](=O)[O-])c2)C(=O)O1. The molecule has 8 heteroatoms. The second-order valence-corrected chi connectivity index (χ2v) is 5.94. The molecule has 0 aromatic heterocycles. The Labute approximate surface area is 155 Å². The van der Waals surface area contributed by atoms with Crippen molar-refractivity contribution in [1.29, 1.82) is 0 Å². The van der Waals surface area contributed by atoms with Gasteiger partial charge in [-0.05, 0) is 29.8 Å². The highest BCUT2D eigenvalue weighted by Crippen LogP contribution is 2.30. The number of carbonyl (C=O) groups excluding carboxylic acids is 1. The van der Waals surface area contributed by atoms with E-state index in [2.05, 4.69) is 4.99 Å². The number of para-hydroxylation sites is 1. The first kappa shape index (κ1) is 18.1.